The molecule has 0 bridgehead atoms. The van der Waals surface area contributed by atoms with Crippen LogP contribution in [0.1, 0.15) is 24.6 Å². The van der Waals surface area contributed by atoms with E-state index in [1.807, 2.05) is 36.4 Å². The number of hydrogen-bond acceptors (Lipinski definition) is 4. The van der Waals surface area contributed by atoms with Gasteiger partial charge < -0.3 is 9.47 Å². The van der Waals surface area contributed by atoms with E-state index in [1.165, 1.54) is 5.56 Å². The molecule has 0 fully saturated rings. The molecule has 0 radical (unpaired) electrons. The molecule has 0 aliphatic rings. The van der Waals surface area contributed by atoms with Crippen molar-refractivity contribution in [2.45, 2.75) is 26.7 Å². The lowest BCUT2D eigenvalue weighted by atomic mass is 10.00. The van der Waals surface area contributed by atoms with Crippen LogP contribution in [0.5, 0.6) is 11.5 Å². The Morgan fingerprint density at radius 2 is 1.31 bits per heavy atom. The van der Waals surface area contributed by atoms with Gasteiger partial charge in [-0.1, -0.05) is 13.3 Å². The number of methoxy groups -OCH3 is 2. The van der Waals surface area contributed by atoms with Crippen LogP contribution in [0.2, 0.25) is 0 Å². The van der Waals surface area contributed by atoms with Crippen molar-refractivity contribution in [2.24, 2.45) is 0 Å². The Balaban J connectivity index is 2.11. The first kappa shape index (κ1) is 17.9. The second kappa shape index (κ2) is 8.00. The summed E-state index contributed by atoms with van der Waals surface area (Å²) in [5.74, 6) is 2.39. The van der Waals surface area contributed by atoms with Gasteiger partial charge in [0.2, 0.25) is 0 Å². The highest BCUT2D eigenvalue weighted by Gasteiger charge is 2.14. The smallest absolute Gasteiger partial charge is 0.160 e. The molecular formula is C22H24N2O2. The number of aryl methyl sites for hydroxylation is 1. The lowest BCUT2D eigenvalue weighted by Gasteiger charge is -2.14. The maximum atomic E-state index is 5.28. The normalized spacial score (nSPS) is 10.6. The third kappa shape index (κ3) is 3.69. The highest BCUT2D eigenvalue weighted by Crippen LogP contribution is 2.29. The first-order chi connectivity index (χ1) is 12.7. The lowest BCUT2D eigenvalue weighted by Crippen LogP contribution is -2.03. The second-order valence-corrected chi connectivity index (χ2v) is 6.17. The molecule has 4 heteroatoms. The largest absolute Gasteiger partial charge is 0.497 e. The summed E-state index contributed by atoms with van der Waals surface area (Å²) in [5.41, 5.74) is 5.28. The van der Waals surface area contributed by atoms with Gasteiger partial charge in [-0.2, -0.15) is 0 Å². The Labute approximate surface area is 154 Å². The van der Waals surface area contributed by atoms with Crippen LogP contribution in [0.25, 0.3) is 22.6 Å². The van der Waals surface area contributed by atoms with E-state index in [4.69, 9.17) is 19.4 Å². The second-order valence-electron chi connectivity index (χ2n) is 6.17. The van der Waals surface area contributed by atoms with Gasteiger partial charge in [0.05, 0.1) is 19.9 Å². The fraction of sp³-hybridized carbons (Fsp3) is 0.273. The zero-order valence-corrected chi connectivity index (χ0v) is 15.7. The van der Waals surface area contributed by atoms with Crippen LogP contribution in [0.3, 0.4) is 0 Å². The van der Waals surface area contributed by atoms with Crippen LogP contribution in [-0.4, -0.2) is 24.2 Å². The fourth-order valence-corrected chi connectivity index (χ4v) is 3.00. The summed E-state index contributed by atoms with van der Waals surface area (Å²) in [6, 6.07) is 15.9. The first-order valence-electron chi connectivity index (χ1n) is 8.82. The van der Waals surface area contributed by atoms with Crippen LogP contribution in [-0.2, 0) is 6.42 Å². The molecular weight excluding hydrogens is 324 g/mol. The number of rotatable bonds is 6. The Kier molecular flexibility index (Phi) is 5.52. The molecule has 0 spiro atoms. The molecule has 134 valence electrons. The number of nitrogens with zero attached hydrogens (tertiary/aromatic N) is 2. The van der Waals surface area contributed by atoms with Crippen LogP contribution in [0, 0.1) is 6.92 Å². The summed E-state index contributed by atoms with van der Waals surface area (Å²) in [4.78, 5) is 9.67. The van der Waals surface area contributed by atoms with E-state index in [0.717, 1.165) is 52.7 Å². The van der Waals surface area contributed by atoms with E-state index >= 15 is 0 Å². The van der Waals surface area contributed by atoms with E-state index in [-0.39, 0.29) is 0 Å². The van der Waals surface area contributed by atoms with Gasteiger partial charge in [0.15, 0.2) is 5.82 Å². The molecule has 0 unspecified atom stereocenters. The van der Waals surface area contributed by atoms with Gasteiger partial charge >= 0.3 is 0 Å². The topological polar surface area (TPSA) is 44.2 Å². The quantitative estimate of drug-likeness (QED) is 0.622. The molecule has 0 atom stereocenters. The lowest BCUT2D eigenvalue weighted by molar-refractivity contribution is 0.415. The van der Waals surface area contributed by atoms with Gasteiger partial charge in [0.1, 0.15) is 11.5 Å². The van der Waals surface area contributed by atoms with Crippen LogP contribution in [0.15, 0.2) is 48.5 Å². The Bertz CT molecular complexity index is 872. The maximum Gasteiger partial charge on any atom is 0.160 e. The molecule has 1 heterocycles. The molecule has 0 amide bonds. The van der Waals surface area contributed by atoms with Crippen molar-refractivity contribution >= 4 is 0 Å². The number of aromatic nitrogens is 2. The molecule has 3 aromatic rings. The molecule has 26 heavy (non-hydrogen) atoms. The van der Waals surface area contributed by atoms with Gasteiger partial charge in [-0.25, -0.2) is 9.97 Å². The standard InChI is InChI=1S/C22H24N2O2/c1-5-6-20-15(2)23-22(17-9-13-19(26-4)14-10-17)24-21(20)16-7-11-18(25-3)12-8-16/h7-14H,5-6H2,1-4H3. The van der Waals surface area contributed by atoms with Gasteiger partial charge in [-0.05, 0) is 67.4 Å². The van der Waals surface area contributed by atoms with Gasteiger partial charge in [-0.3, -0.25) is 0 Å². The Hall–Kier alpha value is -2.88. The number of hydrogen-bond donors (Lipinski definition) is 0. The van der Waals surface area contributed by atoms with Crippen molar-refractivity contribution in [3.05, 3.63) is 59.8 Å². The van der Waals surface area contributed by atoms with E-state index < -0.39 is 0 Å². The number of benzene rings is 2. The predicted octanol–water partition coefficient (Wildman–Crippen LogP) is 5.09. The minimum atomic E-state index is 0.732. The summed E-state index contributed by atoms with van der Waals surface area (Å²) in [5, 5.41) is 0. The third-order valence-electron chi connectivity index (χ3n) is 4.43. The molecule has 0 aliphatic heterocycles. The zero-order valence-electron chi connectivity index (χ0n) is 15.7. The summed E-state index contributed by atoms with van der Waals surface area (Å²) in [6.07, 6.45) is 2.01. The van der Waals surface area contributed by atoms with Crippen molar-refractivity contribution in [3.63, 3.8) is 0 Å². The SMILES string of the molecule is CCCc1c(C)nc(-c2ccc(OC)cc2)nc1-c1ccc(OC)cc1. The Morgan fingerprint density at radius 1 is 0.769 bits per heavy atom. The van der Waals surface area contributed by atoms with Gasteiger partial charge in [0.25, 0.3) is 0 Å². The van der Waals surface area contributed by atoms with E-state index in [2.05, 4.69) is 26.0 Å². The monoisotopic (exact) mass is 348 g/mol. The van der Waals surface area contributed by atoms with E-state index in [9.17, 15) is 0 Å². The van der Waals surface area contributed by atoms with Crippen LogP contribution < -0.4 is 9.47 Å². The summed E-state index contributed by atoms with van der Waals surface area (Å²) in [7, 11) is 3.34. The summed E-state index contributed by atoms with van der Waals surface area (Å²) >= 11 is 0. The summed E-state index contributed by atoms with van der Waals surface area (Å²) < 4.78 is 10.5. The van der Waals surface area contributed by atoms with Crippen molar-refractivity contribution < 1.29 is 9.47 Å². The van der Waals surface area contributed by atoms with Crippen LogP contribution in [0.4, 0.5) is 0 Å². The van der Waals surface area contributed by atoms with E-state index in [1.54, 1.807) is 14.2 Å². The average Bonchev–Trinajstić information content (AvgIpc) is 2.69. The molecule has 4 nitrogen and oxygen atoms in total. The molecule has 0 saturated carbocycles. The molecule has 0 aliphatic carbocycles. The molecule has 1 aromatic heterocycles. The van der Waals surface area contributed by atoms with Crippen molar-refractivity contribution in [2.75, 3.05) is 14.2 Å². The van der Waals surface area contributed by atoms with Crippen molar-refractivity contribution in [1.29, 1.82) is 0 Å². The highest BCUT2D eigenvalue weighted by molar-refractivity contribution is 5.68. The predicted molar refractivity (Wildman–Crippen MR) is 105 cm³/mol. The number of ether oxygens (including phenoxy) is 2. The van der Waals surface area contributed by atoms with Gasteiger partial charge in [0, 0.05) is 16.8 Å². The van der Waals surface area contributed by atoms with E-state index in [0.29, 0.717) is 0 Å². The average molecular weight is 348 g/mol. The Morgan fingerprint density at radius 3 is 1.81 bits per heavy atom. The minimum Gasteiger partial charge on any atom is -0.497 e. The third-order valence-corrected chi connectivity index (χ3v) is 4.43. The van der Waals surface area contributed by atoms with Gasteiger partial charge in [-0.15, -0.1) is 0 Å². The highest BCUT2D eigenvalue weighted by atomic mass is 16.5. The minimum absolute atomic E-state index is 0.732. The maximum absolute atomic E-state index is 5.28. The van der Waals surface area contributed by atoms with Crippen LogP contribution >= 0.6 is 0 Å². The molecule has 0 N–H and O–H groups in total. The summed E-state index contributed by atoms with van der Waals surface area (Å²) in [6.45, 7) is 4.24. The zero-order chi connectivity index (χ0) is 18.5. The fourth-order valence-electron chi connectivity index (χ4n) is 3.00. The molecule has 2 aromatic carbocycles. The van der Waals surface area contributed by atoms with Crippen molar-refractivity contribution in [3.8, 4) is 34.1 Å². The molecule has 0 saturated heterocycles. The van der Waals surface area contributed by atoms with Crippen molar-refractivity contribution in [1.82, 2.24) is 9.97 Å². The molecule has 3 rings (SSSR count). The first-order valence-corrected chi connectivity index (χ1v) is 8.82.